The molecule has 0 fully saturated rings. The second-order valence-corrected chi connectivity index (χ2v) is 10.6. The lowest BCUT2D eigenvalue weighted by molar-refractivity contribution is -0.142. The molecule has 2 aromatic carbocycles. The van der Waals surface area contributed by atoms with Crippen LogP contribution in [0.2, 0.25) is 0 Å². The van der Waals surface area contributed by atoms with E-state index in [9.17, 15) is 43.8 Å². The molecule has 2 rings (SSSR count). The van der Waals surface area contributed by atoms with Crippen molar-refractivity contribution in [2.24, 2.45) is 17.2 Å². The van der Waals surface area contributed by atoms with Gasteiger partial charge in [-0.2, -0.15) is 0 Å². The van der Waals surface area contributed by atoms with Gasteiger partial charge >= 0.3 is 5.97 Å². The van der Waals surface area contributed by atoms with E-state index in [2.05, 4.69) is 21.3 Å². The Hall–Kier alpha value is -5.51. The molecule has 16 nitrogen and oxygen atoms in total. The van der Waals surface area contributed by atoms with E-state index < -0.39 is 78.0 Å². The number of nitrogens with two attached hydrogens (primary N) is 3. The molecule has 0 saturated heterocycles. The van der Waals surface area contributed by atoms with Gasteiger partial charge in [0.05, 0.1) is 12.5 Å². The number of benzene rings is 2. The molecule has 0 aromatic heterocycles. The fourth-order valence-corrected chi connectivity index (χ4v) is 4.22. The molecule has 0 aliphatic rings. The van der Waals surface area contributed by atoms with Crippen molar-refractivity contribution in [3.05, 3.63) is 65.7 Å². The van der Waals surface area contributed by atoms with Crippen molar-refractivity contribution < 1.29 is 43.8 Å². The molecule has 5 atom stereocenters. The average molecular weight is 642 g/mol. The van der Waals surface area contributed by atoms with E-state index >= 15 is 0 Å². The maximum Gasteiger partial charge on any atom is 0.326 e. The molecular formula is C30H39N7O9. The van der Waals surface area contributed by atoms with Crippen LogP contribution in [0.1, 0.15) is 37.3 Å². The minimum Gasteiger partial charge on any atom is -0.508 e. The van der Waals surface area contributed by atoms with Crippen molar-refractivity contribution in [1.82, 2.24) is 21.3 Å². The van der Waals surface area contributed by atoms with E-state index in [-0.39, 0.29) is 31.4 Å². The highest BCUT2D eigenvalue weighted by atomic mass is 16.4. The van der Waals surface area contributed by atoms with Crippen LogP contribution in [0.25, 0.3) is 0 Å². The molecule has 0 spiro atoms. The second-order valence-electron chi connectivity index (χ2n) is 10.6. The number of phenolic OH excluding ortho intramolecular Hbond substituents is 1. The molecule has 46 heavy (non-hydrogen) atoms. The highest BCUT2D eigenvalue weighted by molar-refractivity contribution is 5.97. The van der Waals surface area contributed by atoms with Crippen molar-refractivity contribution in [2.45, 2.75) is 69.2 Å². The lowest BCUT2D eigenvalue weighted by Gasteiger charge is -2.25. The second kappa shape index (κ2) is 17.7. The number of carboxylic acids is 1. The summed E-state index contributed by atoms with van der Waals surface area (Å²) in [5, 5.41) is 28.4. The van der Waals surface area contributed by atoms with Gasteiger partial charge in [0, 0.05) is 12.8 Å². The van der Waals surface area contributed by atoms with Crippen molar-refractivity contribution >= 4 is 41.4 Å². The van der Waals surface area contributed by atoms with Crippen LogP contribution in [0.3, 0.4) is 0 Å². The smallest absolute Gasteiger partial charge is 0.326 e. The van der Waals surface area contributed by atoms with Crippen LogP contribution < -0.4 is 38.5 Å². The molecule has 0 saturated carbocycles. The van der Waals surface area contributed by atoms with Crippen LogP contribution in [0.15, 0.2) is 54.6 Å². The highest BCUT2D eigenvalue weighted by Crippen LogP contribution is 2.11. The van der Waals surface area contributed by atoms with Gasteiger partial charge in [-0.25, -0.2) is 4.79 Å². The summed E-state index contributed by atoms with van der Waals surface area (Å²) in [5.41, 5.74) is 17.7. The van der Waals surface area contributed by atoms with Gasteiger partial charge in [-0.05, 0) is 43.0 Å². The third-order valence-corrected chi connectivity index (χ3v) is 6.73. The Morgan fingerprint density at radius 1 is 0.674 bits per heavy atom. The van der Waals surface area contributed by atoms with E-state index in [1.807, 2.05) is 0 Å². The Morgan fingerprint density at radius 2 is 1.22 bits per heavy atom. The normalized spacial score (nSPS) is 14.0. The lowest BCUT2D eigenvalue weighted by Crippen LogP contribution is -2.58. The largest absolute Gasteiger partial charge is 0.508 e. The summed E-state index contributed by atoms with van der Waals surface area (Å²) >= 11 is 0. The monoisotopic (exact) mass is 641 g/mol. The van der Waals surface area contributed by atoms with Crippen LogP contribution in [0, 0.1) is 0 Å². The maximum atomic E-state index is 13.2. The summed E-state index contributed by atoms with van der Waals surface area (Å²) in [5.74, 6) is -6.69. The van der Waals surface area contributed by atoms with Gasteiger partial charge in [-0.1, -0.05) is 42.5 Å². The number of hydrogen-bond donors (Lipinski definition) is 9. The zero-order valence-corrected chi connectivity index (χ0v) is 25.1. The number of carboxylic acid groups (broad SMARTS) is 1. The predicted octanol–water partition coefficient (Wildman–Crippen LogP) is -2.31. The zero-order valence-electron chi connectivity index (χ0n) is 25.1. The molecule has 0 aliphatic carbocycles. The zero-order chi connectivity index (χ0) is 34.4. The number of primary amides is 2. The number of aromatic hydroxyl groups is 1. The van der Waals surface area contributed by atoms with Crippen LogP contribution >= 0.6 is 0 Å². The molecule has 12 N–H and O–H groups in total. The van der Waals surface area contributed by atoms with Gasteiger partial charge in [0.1, 0.15) is 29.9 Å². The molecule has 6 amide bonds. The first-order valence-corrected chi connectivity index (χ1v) is 14.2. The van der Waals surface area contributed by atoms with Crippen LogP contribution in [0.5, 0.6) is 5.75 Å². The first kappa shape index (κ1) is 36.7. The van der Waals surface area contributed by atoms with Crippen LogP contribution in [0.4, 0.5) is 0 Å². The number of hydrogen-bond acceptors (Lipinski definition) is 9. The maximum absolute atomic E-state index is 13.2. The SMILES string of the molecule is C[C@H](NC(=O)[C@@H](N)Cc1ccc(O)cc1)C(=O)N[C@@H](CC(N)=O)C(=O)N[C@@H](CCC(N)=O)C(=O)N[C@@H](Cc1ccccc1)C(=O)O. The molecule has 2 aromatic rings. The van der Waals surface area contributed by atoms with Crippen molar-refractivity contribution in [1.29, 1.82) is 0 Å². The Bertz CT molecular complexity index is 1400. The Morgan fingerprint density at radius 3 is 1.78 bits per heavy atom. The van der Waals surface area contributed by atoms with Gasteiger partial charge in [0.25, 0.3) is 0 Å². The average Bonchev–Trinajstić information content (AvgIpc) is 2.99. The van der Waals surface area contributed by atoms with E-state index in [1.165, 1.54) is 19.1 Å². The van der Waals surface area contributed by atoms with E-state index in [0.29, 0.717) is 11.1 Å². The first-order chi connectivity index (χ1) is 21.7. The standard InChI is InChI=1S/C30H39N7O9/c1-16(34-27(42)20(31)13-18-7-9-19(38)10-8-18)26(41)36-22(15-25(33)40)29(44)35-21(11-12-24(32)39)28(43)37-23(30(45)46)14-17-5-3-2-4-6-17/h2-10,16,20-23,38H,11-15,31H2,1H3,(H2,32,39)(H2,33,40)(H,34,42)(H,35,44)(H,36,41)(H,37,43)(H,45,46)/t16-,20-,21-,22-,23-/m0/s1. The third kappa shape index (κ3) is 12.6. The molecule has 0 bridgehead atoms. The number of rotatable bonds is 18. The summed E-state index contributed by atoms with van der Waals surface area (Å²) in [6, 6.07) is 7.67. The molecular weight excluding hydrogens is 602 g/mol. The Labute approximate surface area is 264 Å². The molecule has 16 heteroatoms. The minimum absolute atomic E-state index is 0.0361. The summed E-state index contributed by atoms with van der Waals surface area (Å²) in [6.45, 7) is 1.31. The lowest BCUT2D eigenvalue weighted by atomic mass is 10.0. The minimum atomic E-state index is -1.61. The molecule has 0 radical (unpaired) electrons. The Kier molecular flexibility index (Phi) is 14.1. The van der Waals surface area contributed by atoms with Crippen molar-refractivity contribution in [2.75, 3.05) is 0 Å². The topological polar surface area (TPSA) is 286 Å². The number of amides is 6. The van der Waals surface area contributed by atoms with E-state index in [4.69, 9.17) is 17.2 Å². The van der Waals surface area contributed by atoms with Crippen LogP contribution in [-0.2, 0) is 46.4 Å². The number of phenols is 1. The quantitative estimate of drug-likeness (QED) is 0.0838. The van der Waals surface area contributed by atoms with Gasteiger partial charge in [0.2, 0.25) is 35.4 Å². The molecule has 248 valence electrons. The summed E-state index contributed by atoms with van der Waals surface area (Å²) in [7, 11) is 0. The fraction of sp³-hybridized carbons (Fsp3) is 0.367. The summed E-state index contributed by atoms with van der Waals surface area (Å²) < 4.78 is 0. The number of aliphatic carboxylic acids is 1. The Balaban J connectivity index is 2.10. The number of carbonyl (C=O) groups is 7. The van der Waals surface area contributed by atoms with Crippen molar-refractivity contribution in [3.63, 3.8) is 0 Å². The molecule has 0 aliphatic heterocycles. The van der Waals surface area contributed by atoms with Gasteiger partial charge < -0.3 is 48.7 Å². The van der Waals surface area contributed by atoms with Crippen molar-refractivity contribution in [3.8, 4) is 5.75 Å². The van der Waals surface area contributed by atoms with E-state index in [1.54, 1.807) is 42.5 Å². The van der Waals surface area contributed by atoms with Crippen LogP contribution in [-0.4, -0.2) is 81.8 Å². The third-order valence-electron chi connectivity index (χ3n) is 6.73. The van der Waals surface area contributed by atoms with E-state index in [0.717, 1.165) is 0 Å². The van der Waals surface area contributed by atoms with Gasteiger partial charge in [-0.3, -0.25) is 28.8 Å². The van der Waals surface area contributed by atoms with Gasteiger partial charge in [0.15, 0.2) is 0 Å². The molecule has 0 heterocycles. The molecule has 0 unspecified atom stereocenters. The highest BCUT2D eigenvalue weighted by Gasteiger charge is 2.32. The number of nitrogens with one attached hydrogen (secondary N) is 4. The predicted molar refractivity (Wildman–Crippen MR) is 163 cm³/mol. The van der Waals surface area contributed by atoms with Gasteiger partial charge in [-0.15, -0.1) is 0 Å². The fourth-order valence-electron chi connectivity index (χ4n) is 4.22. The summed E-state index contributed by atoms with van der Waals surface area (Å²) in [4.78, 5) is 86.8. The first-order valence-electron chi connectivity index (χ1n) is 14.2. The summed E-state index contributed by atoms with van der Waals surface area (Å²) in [6.07, 6.45) is -1.38. The number of carbonyl (C=O) groups excluding carboxylic acids is 6.